The summed E-state index contributed by atoms with van der Waals surface area (Å²) in [5, 5.41) is 0.633. The van der Waals surface area contributed by atoms with Crippen LogP contribution in [0.4, 0.5) is 5.69 Å². The maximum atomic E-state index is 5.89. The molecule has 1 aromatic rings. The topological polar surface area (TPSA) is 77.0 Å². The zero-order valence-electron chi connectivity index (χ0n) is 9.81. The number of hydrazine groups is 1. The van der Waals surface area contributed by atoms with Gasteiger partial charge >= 0.3 is 0 Å². The summed E-state index contributed by atoms with van der Waals surface area (Å²) in [5.41, 5.74) is 10.4. The summed E-state index contributed by atoms with van der Waals surface area (Å²) >= 11 is 1.89. The van der Waals surface area contributed by atoms with Gasteiger partial charge in [-0.25, -0.2) is 0 Å². The molecule has 0 amide bonds. The van der Waals surface area contributed by atoms with Crippen molar-refractivity contribution < 1.29 is 0 Å². The van der Waals surface area contributed by atoms with Crippen molar-refractivity contribution in [1.29, 1.82) is 0 Å². The van der Waals surface area contributed by atoms with Crippen molar-refractivity contribution in [2.24, 2.45) is 5.84 Å². The van der Waals surface area contributed by atoms with E-state index in [4.69, 9.17) is 11.6 Å². The summed E-state index contributed by atoms with van der Waals surface area (Å²) in [6.45, 7) is 4.39. The minimum Gasteiger partial charge on any atom is -0.398 e. The largest absolute Gasteiger partial charge is 0.398 e. The number of nitrogens with one attached hydrogen (secondary N) is 1. The summed E-state index contributed by atoms with van der Waals surface area (Å²) in [6, 6.07) is 1.86. The monoisotopic (exact) mass is 240 g/mol. The number of nitrogens with two attached hydrogens (primary N) is 2. The van der Waals surface area contributed by atoms with Crippen molar-refractivity contribution in [3.63, 3.8) is 0 Å². The van der Waals surface area contributed by atoms with Crippen LogP contribution in [0.5, 0.6) is 0 Å². The van der Waals surface area contributed by atoms with E-state index in [-0.39, 0.29) is 6.04 Å². The lowest BCUT2D eigenvalue weighted by Gasteiger charge is -2.19. The molecule has 0 saturated carbocycles. The molecule has 0 aliphatic heterocycles. The predicted molar refractivity (Wildman–Crippen MR) is 70.9 cm³/mol. The Bertz CT molecular complexity index is 319. The molecule has 0 spiro atoms. The van der Waals surface area contributed by atoms with Gasteiger partial charge in [-0.2, -0.15) is 11.8 Å². The minimum absolute atomic E-state index is 0.0627. The van der Waals surface area contributed by atoms with Crippen LogP contribution in [0.15, 0.2) is 18.5 Å². The van der Waals surface area contributed by atoms with Gasteiger partial charge in [-0.15, -0.1) is 0 Å². The third-order valence-corrected chi connectivity index (χ3v) is 4.01. The zero-order chi connectivity index (χ0) is 12.0. The average molecular weight is 240 g/mol. The van der Waals surface area contributed by atoms with E-state index in [2.05, 4.69) is 24.3 Å². The van der Waals surface area contributed by atoms with Crippen molar-refractivity contribution in [2.75, 3.05) is 11.5 Å². The van der Waals surface area contributed by atoms with E-state index < -0.39 is 0 Å². The Morgan fingerprint density at radius 3 is 2.88 bits per heavy atom. The van der Waals surface area contributed by atoms with Crippen LogP contribution in [0.3, 0.4) is 0 Å². The van der Waals surface area contributed by atoms with Crippen LogP contribution < -0.4 is 17.0 Å². The molecule has 0 aliphatic rings. The number of thioether (sulfide) groups is 1. The normalized spacial score (nSPS) is 14.7. The SMILES string of the molecule is CCC(C)SCC(NN)c1cnccc1N. The summed E-state index contributed by atoms with van der Waals surface area (Å²) in [7, 11) is 0. The van der Waals surface area contributed by atoms with Crippen LogP contribution in [0.1, 0.15) is 31.9 Å². The molecule has 2 atom stereocenters. The minimum atomic E-state index is 0.0627. The lowest BCUT2D eigenvalue weighted by Crippen LogP contribution is -2.30. The summed E-state index contributed by atoms with van der Waals surface area (Å²) in [6.07, 6.45) is 4.62. The molecule has 5 N–H and O–H groups in total. The predicted octanol–water partition coefficient (Wildman–Crippen LogP) is 1.70. The first-order valence-electron chi connectivity index (χ1n) is 5.46. The van der Waals surface area contributed by atoms with Crippen molar-refractivity contribution in [3.8, 4) is 0 Å². The first kappa shape index (κ1) is 13.3. The molecule has 0 aromatic carbocycles. The highest BCUT2D eigenvalue weighted by atomic mass is 32.2. The standard InChI is InChI=1S/C11H20N4S/c1-3-8(2)16-7-11(15-13)9-6-14-5-4-10(9)12/h4-6,8,11,15H,3,7,13H2,1-2H3,(H2,12,14). The van der Waals surface area contributed by atoms with Gasteiger partial charge in [0.25, 0.3) is 0 Å². The number of pyridine rings is 1. The second-order valence-corrected chi connectivity index (χ2v) is 5.25. The molecule has 16 heavy (non-hydrogen) atoms. The number of anilines is 1. The Balaban J connectivity index is 2.64. The van der Waals surface area contributed by atoms with E-state index in [1.165, 1.54) is 0 Å². The third-order valence-electron chi connectivity index (χ3n) is 2.59. The van der Waals surface area contributed by atoms with Crippen molar-refractivity contribution in [1.82, 2.24) is 10.4 Å². The lowest BCUT2D eigenvalue weighted by atomic mass is 10.1. The van der Waals surface area contributed by atoms with Gasteiger partial charge in [0.15, 0.2) is 0 Å². The number of nitrogen functional groups attached to an aromatic ring is 1. The summed E-state index contributed by atoms with van der Waals surface area (Å²) < 4.78 is 0. The van der Waals surface area contributed by atoms with Gasteiger partial charge in [0.05, 0.1) is 6.04 Å². The van der Waals surface area contributed by atoms with Crippen LogP contribution >= 0.6 is 11.8 Å². The molecule has 0 aliphatic carbocycles. The van der Waals surface area contributed by atoms with Crippen molar-refractivity contribution in [2.45, 2.75) is 31.6 Å². The van der Waals surface area contributed by atoms with Gasteiger partial charge in [-0.1, -0.05) is 13.8 Å². The Labute approximate surface area is 101 Å². The van der Waals surface area contributed by atoms with Crippen LogP contribution in [0, 0.1) is 0 Å². The second kappa shape index (κ2) is 6.73. The molecule has 4 nitrogen and oxygen atoms in total. The second-order valence-electron chi connectivity index (χ2n) is 3.78. The van der Waals surface area contributed by atoms with Gasteiger partial charge in [-0.05, 0) is 12.5 Å². The molecule has 1 heterocycles. The fourth-order valence-electron chi connectivity index (χ4n) is 1.31. The number of nitrogens with zero attached hydrogens (tertiary/aromatic N) is 1. The molecule has 90 valence electrons. The Hall–Kier alpha value is -0.780. The summed E-state index contributed by atoms with van der Waals surface area (Å²) in [5.74, 6) is 6.46. The number of hydrogen-bond acceptors (Lipinski definition) is 5. The van der Waals surface area contributed by atoms with Crippen LogP contribution in [0.2, 0.25) is 0 Å². The van der Waals surface area contributed by atoms with Crippen LogP contribution in [-0.4, -0.2) is 16.0 Å². The molecule has 0 saturated heterocycles. The molecular weight excluding hydrogens is 220 g/mol. The van der Waals surface area contributed by atoms with E-state index in [0.717, 1.165) is 23.4 Å². The zero-order valence-corrected chi connectivity index (χ0v) is 10.6. The van der Waals surface area contributed by atoms with Gasteiger partial charge < -0.3 is 5.73 Å². The van der Waals surface area contributed by atoms with Gasteiger partial charge in [-0.3, -0.25) is 16.3 Å². The lowest BCUT2D eigenvalue weighted by molar-refractivity contribution is 0.609. The highest BCUT2D eigenvalue weighted by Crippen LogP contribution is 2.24. The van der Waals surface area contributed by atoms with E-state index in [9.17, 15) is 0 Å². The molecule has 1 rings (SSSR count). The van der Waals surface area contributed by atoms with Crippen LogP contribution in [-0.2, 0) is 0 Å². The van der Waals surface area contributed by atoms with Crippen LogP contribution in [0.25, 0.3) is 0 Å². The van der Waals surface area contributed by atoms with E-state index >= 15 is 0 Å². The first-order chi connectivity index (χ1) is 7.69. The molecule has 0 fully saturated rings. The molecular formula is C11H20N4S. The maximum absolute atomic E-state index is 5.89. The Morgan fingerprint density at radius 1 is 1.56 bits per heavy atom. The fraction of sp³-hybridized carbons (Fsp3) is 0.545. The van der Waals surface area contributed by atoms with Gasteiger partial charge in [0.2, 0.25) is 0 Å². The number of hydrogen-bond donors (Lipinski definition) is 3. The van der Waals surface area contributed by atoms with Crippen molar-refractivity contribution in [3.05, 3.63) is 24.0 Å². The third kappa shape index (κ3) is 3.66. The van der Waals surface area contributed by atoms with E-state index in [0.29, 0.717) is 5.25 Å². The Kier molecular flexibility index (Phi) is 5.59. The van der Waals surface area contributed by atoms with Crippen molar-refractivity contribution >= 4 is 17.4 Å². The van der Waals surface area contributed by atoms with E-state index in [1.54, 1.807) is 18.5 Å². The van der Waals surface area contributed by atoms with E-state index in [1.807, 2.05) is 11.8 Å². The highest BCUT2D eigenvalue weighted by Gasteiger charge is 2.14. The molecule has 1 aromatic heterocycles. The Morgan fingerprint density at radius 2 is 2.31 bits per heavy atom. The maximum Gasteiger partial charge on any atom is 0.0586 e. The average Bonchev–Trinajstić information content (AvgIpc) is 2.31. The molecule has 2 unspecified atom stereocenters. The highest BCUT2D eigenvalue weighted by molar-refractivity contribution is 7.99. The molecule has 5 heteroatoms. The smallest absolute Gasteiger partial charge is 0.0586 e. The number of aromatic nitrogens is 1. The molecule has 0 radical (unpaired) electrons. The fourth-order valence-corrected chi connectivity index (χ4v) is 2.35. The van der Waals surface area contributed by atoms with Gasteiger partial charge in [0, 0.05) is 34.6 Å². The van der Waals surface area contributed by atoms with Gasteiger partial charge in [0.1, 0.15) is 0 Å². The quantitative estimate of drug-likeness (QED) is 0.521. The molecule has 0 bridgehead atoms. The summed E-state index contributed by atoms with van der Waals surface area (Å²) in [4.78, 5) is 4.08. The first-order valence-corrected chi connectivity index (χ1v) is 6.51. The number of rotatable bonds is 6.